The zero-order chi connectivity index (χ0) is 14.3. The molecule has 0 heterocycles. The lowest BCUT2D eigenvalue weighted by molar-refractivity contribution is -0.137. The van der Waals surface area contributed by atoms with Crippen LogP contribution in [0.5, 0.6) is 0 Å². The quantitative estimate of drug-likeness (QED) is 0.482. The summed E-state index contributed by atoms with van der Waals surface area (Å²) in [6, 6.07) is 0. The Kier molecular flexibility index (Phi) is 6.66. The Labute approximate surface area is 112 Å². The molecule has 0 aromatic rings. The molecule has 0 unspecified atom stereocenters. The first-order chi connectivity index (χ1) is 9.02. The lowest BCUT2D eigenvalue weighted by atomic mass is 9.96. The molecule has 1 fully saturated rings. The molecule has 1 aliphatic rings. The Morgan fingerprint density at radius 2 is 1.89 bits per heavy atom. The van der Waals surface area contributed by atoms with Crippen LogP contribution in [-0.4, -0.2) is 28.7 Å². The number of nitrogens with two attached hydrogens (primary N) is 1. The standard InChI is InChI=1S/C13H21NO5/c14-19-12-8-11(16)7-9(12)5-6-10(15)3-1-2-4-13(17)18/h9,12H,1-8,14H2,(H,17,18)/t9-,12-/m1/s1. The number of carboxylic acid groups (broad SMARTS) is 1. The molecular weight excluding hydrogens is 250 g/mol. The molecule has 1 aliphatic carbocycles. The Bertz CT molecular complexity index is 342. The van der Waals surface area contributed by atoms with Crippen LogP contribution in [0.25, 0.3) is 0 Å². The zero-order valence-electron chi connectivity index (χ0n) is 11.0. The van der Waals surface area contributed by atoms with E-state index in [4.69, 9.17) is 15.8 Å². The fourth-order valence-electron chi connectivity index (χ4n) is 2.42. The Balaban J connectivity index is 2.15. The first-order valence-electron chi connectivity index (χ1n) is 6.63. The van der Waals surface area contributed by atoms with Gasteiger partial charge in [-0.25, -0.2) is 5.90 Å². The van der Waals surface area contributed by atoms with Crippen LogP contribution in [0, 0.1) is 5.92 Å². The third kappa shape index (κ3) is 5.94. The minimum absolute atomic E-state index is 0.0421. The van der Waals surface area contributed by atoms with Crippen molar-refractivity contribution in [3.05, 3.63) is 0 Å². The van der Waals surface area contributed by atoms with Crippen molar-refractivity contribution in [2.45, 2.75) is 57.5 Å². The Hall–Kier alpha value is -1.27. The average Bonchev–Trinajstić information content (AvgIpc) is 2.72. The molecule has 0 radical (unpaired) electrons. The van der Waals surface area contributed by atoms with Gasteiger partial charge in [0.1, 0.15) is 11.6 Å². The molecule has 0 aliphatic heterocycles. The van der Waals surface area contributed by atoms with Crippen LogP contribution in [-0.2, 0) is 19.2 Å². The summed E-state index contributed by atoms with van der Waals surface area (Å²) in [7, 11) is 0. The predicted molar refractivity (Wildman–Crippen MR) is 67.1 cm³/mol. The van der Waals surface area contributed by atoms with Gasteiger partial charge in [0.15, 0.2) is 0 Å². The van der Waals surface area contributed by atoms with Gasteiger partial charge in [-0.3, -0.25) is 14.4 Å². The highest BCUT2D eigenvalue weighted by Gasteiger charge is 2.33. The molecule has 0 aromatic heterocycles. The molecule has 1 saturated carbocycles. The monoisotopic (exact) mass is 271 g/mol. The maximum absolute atomic E-state index is 11.6. The van der Waals surface area contributed by atoms with Crippen LogP contribution in [0.15, 0.2) is 0 Å². The van der Waals surface area contributed by atoms with Gasteiger partial charge in [0.2, 0.25) is 0 Å². The van der Waals surface area contributed by atoms with Crippen LogP contribution in [0.3, 0.4) is 0 Å². The summed E-state index contributed by atoms with van der Waals surface area (Å²) in [6.07, 6.45) is 3.18. The summed E-state index contributed by atoms with van der Waals surface area (Å²) in [6.45, 7) is 0. The SMILES string of the molecule is NO[C@@H]1CC(=O)C[C@H]1CCC(=O)CCCCC(=O)O. The molecule has 3 N–H and O–H groups in total. The number of hydrogen-bond acceptors (Lipinski definition) is 5. The van der Waals surface area contributed by atoms with Crippen LogP contribution in [0.1, 0.15) is 51.4 Å². The fourth-order valence-corrected chi connectivity index (χ4v) is 2.42. The van der Waals surface area contributed by atoms with E-state index < -0.39 is 5.97 Å². The molecule has 0 spiro atoms. The van der Waals surface area contributed by atoms with Gasteiger partial charge in [0.25, 0.3) is 0 Å². The highest BCUT2D eigenvalue weighted by atomic mass is 16.6. The molecule has 6 nitrogen and oxygen atoms in total. The topological polar surface area (TPSA) is 107 Å². The lowest BCUT2D eigenvalue weighted by Crippen LogP contribution is -2.22. The summed E-state index contributed by atoms with van der Waals surface area (Å²) in [5.41, 5.74) is 0. The second-order valence-electron chi connectivity index (χ2n) is 5.06. The van der Waals surface area contributed by atoms with Gasteiger partial charge in [-0.15, -0.1) is 0 Å². The molecule has 0 saturated heterocycles. The molecule has 1 rings (SSSR count). The van der Waals surface area contributed by atoms with E-state index in [0.29, 0.717) is 44.9 Å². The minimum atomic E-state index is -0.833. The summed E-state index contributed by atoms with van der Waals surface area (Å²) in [4.78, 5) is 37.9. The second-order valence-corrected chi connectivity index (χ2v) is 5.06. The van der Waals surface area contributed by atoms with Crippen molar-refractivity contribution in [2.75, 3.05) is 0 Å². The maximum Gasteiger partial charge on any atom is 0.303 e. The number of carboxylic acids is 1. The molecule has 0 bridgehead atoms. The minimum Gasteiger partial charge on any atom is -0.481 e. The number of unbranched alkanes of at least 4 members (excludes halogenated alkanes) is 1. The normalized spacial score (nSPS) is 22.7. The largest absolute Gasteiger partial charge is 0.481 e. The number of hydrogen-bond donors (Lipinski definition) is 2. The third-order valence-corrected chi connectivity index (χ3v) is 3.51. The van der Waals surface area contributed by atoms with E-state index in [1.807, 2.05) is 0 Å². The molecule has 0 aromatic carbocycles. The van der Waals surface area contributed by atoms with Crippen LogP contribution >= 0.6 is 0 Å². The lowest BCUT2D eigenvalue weighted by Gasteiger charge is -2.15. The van der Waals surface area contributed by atoms with Gasteiger partial charge in [0.05, 0.1) is 6.10 Å². The van der Waals surface area contributed by atoms with Crippen molar-refractivity contribution in [1.82, 2.24) is 0 Å². The third-order valence-electron chi connectivity index (χ3n) is 3.51. The summed E-state index contributed by atoms with van der Waals surface area (Å²) >= 11 is 0. The predicted octanol–water partition coefficient (Wildman–Crippen LogP) is 1.22. The van der Waals surface area contributed by atoms with E-state index in [0.717, 1.165) is 0 Å². The number of ketones is 2. The first-order valence-corrected chi connectivity index (χ1v) is 6.63. The van der Waals surface area contributed by atoms with E-state index in [-0.39, 0.29) is 30.0 Å². The van der Waals surface area contributed by atoms with Gasteiger partial charge < -0.3 is 9.94 Å². The maximum atomic E-state index is 11.6. The second kappa shape index (κ2) is 8.01. The van der Waals surface area contributed by atoms with Gasteiger partial charge >= 0.3 is 5.97 Å². The van der Waals surface area contributed by atoms with Crippen LogP contribution in [0.2, 0.25) is 0 Å². The van der Waals surface area contributed by atoms with Gasteiger partial charge in [-0.2, -0.15) is 0 Å². The summed E-state index contributed by atoms with van der Waals surface area (Å²) < 4.78 is 0. The van der Waals surface area contributed by atoms with Crippen molar-refractivity contribution in [1.29, 1.82) is 0 Å². The summed E-state index contributed by atoms with van der Waals surface area (Å²) in [5.74, 6) is 4.58. The molecule has 19 heavy (non-hydrogen) atoms. The van der Waals surface area contributed by atoms with Gasteiger partial charge in [-0.1, -0.05) is 0 Å². The van der Waals surface area contributed by atoms with E-state index >= 15 is 0 Å². The number of rotatable bonds is 9. The van der Waals surface area contributed by atoms with Gasteiger partial charge in [0, 0.05) is 32.1 Å². The van der Waals surface area contributed by atoms with Crippen molar-refractivity contribution >= 4 is 17.5 Å². The Morgan fingerprint density at radius 3 is 2.53 bits per heavy atom. The van der Waals surface area contributed by atoms with Crippen molar-refractivity contribution in [2.24, 2.45) is 11.8 Å². The van der Waals surface area contributed by atoms with Crippen molar-refractivity contribution < 1.29 is 24.3 Å². The highest BCUT2D eigenvalue weighted by Crippen LogP contribution is 2.28. The Morgan fingerprint density at radius 1 is 1.21 bits per heavy atom. The number of carbonyl (C=O) groups is 3. The van der Waals surface area contributed by atoms with E-state index in [1.165, 1.54) is 0 Å². The average molecular weight is 271 g/mol. The first kappa shape index (κ1) is 15.8. The highest BCUT2D eigenvalue weighted by molar-refractivity contribution is 5.82. The van der Waals surface area contributed by atoms with Gasteiger partial charge in [-0.05, 0) is 25.2 Å². The van der Waals surface area contributed by atoms with Crippen molar-refractivity contribution in [3.8, 4) is 0 Å². The number of carbonyl (C=O) groups excluding carboxylic acids is 2. The number of Topliss-reactive ketones (excluding diaryl/α,β-unsaturated/α-hetero) is 2. The molecule has 6 heteroatoms. The molecule has 108 valence electrons. The van der Waals surface area contributed by atoms with E-state index in [2.05, 4.69) is 0 Å². The zero-order valence-corrected chi connectivity index (χ0v) is 11.0. The smallest absolute Gasteiger partial charge is 0.303 e. The molecular formula is C13H21NO5. The number of aliphatic carboxylic acids is 1. The van der Waals surface area contributed by atoms with Crippen molar-refractivity contribution in [3.63, 3.8) is 0 Å². The van der Waals surface area contributed by atoms with E-state index in [9.17, 15) is 14.4 Å². The summed E-state index contributed by atoms with van der Waals surface area (Å²) in [5, 5.41) is 8.46. The van der Waals surface area contributed by atoms with Crippen LogP contribution < -0.4 is 5.90 Å². The molecule has 0 amide bonds. The fraction of sp³-hybridized carbons (Fsp3) is 0.769. The van der Waals surface area contributed by atoms with Crippen LogP contribution in [0.4, 0.5) is 0 Å². The molecule has 2 atom stereocenters. The van der Waals surface area contributed by atoms with E-state index in [1.54, 1.807) is 0 Å².